The van der Waals surface area contributed by atoms with Gasteiger partial charge >= 0.3 is 5.97 Å². The normalized spacial score (nSPS) is 12.0. The zero-order valence-corrected chi connectivity index (χ0v) is 15.1. The molecular weight excluding hydrogens is 381 g/mol. The van der Waals surface area contributed by atoms with Gasteiger partial charge in [0, 0.05) is 20.1 Å². The Balaban J connectivity index is 0.00000400. The van der Waals surface area contributed by atoms with Crippen LogP contribution in [0.15, 0.2) is 35.3 Å². The zero-order chi connectivity index (χ0) is 14.8. The minimum absolute atomic E-state index is 0. The Bertz CT molecular complexity index is 438. The van der Waals surface area contributed by atoms with E-state index in [0.29, 0.717) is 24.8 Å². The van der Waals surface area contributed by atoms with E-state index < -0.39 is 0 Å². The van der Waals surface area contributed by atoms with Crippen LogP contribution < -0.4 is 10.6 Å². The molecule has 0 aliphatic carbocycles. The lowest BCUT2D eigenvalue weighted by molar-refractivity contribution is -0.140. The van der Waals surface area contributed by atoms with Crippen LogP contribution >= 0.6 is 24.0 Å². The van der Waals surface area contributed by atoms with Crippen molar-refractivity contribution >= 4 is 35.9 Å². The second kappa shape index (κ2) is 11.4. The predicted molar refractivity (Wildman–Crippen MR) is 96.3 cm³/mol. The van der Waals surface area contributed by atoms with E-state index >= 15 is 0 Å². The van der Waals surface area contributed by atoms with Gasteiger partial charge in [0.2, 0.25) is 0 Å². The van der Waals surface area contributed by atoms with Crippen LogP contribution in [-0.4, -0.2) is 39.2 Å². The molecule has 21 heavy (non-hydrogen) atoms. The molecule has 0 aliphatic heterocycles. The summed E-state index contributed by atoms with van der Waals surface area (Å²) in [5.41, 5.74) is 1.28. The van der Waals surface area contributed by atoms with Crippen LogP contribution in [0.5, 0.6) is 0 Å². The fraction of sp³-hybridized carbons (Fsp3) is 0.467. The van der Waals surface area contributed by atoms with Crippen molar-refractivity contribution in [3.8, 4) is 0 Å². The van der Waals surface area contributed by atoms with Crippen molar-refractivity contribution < 1.29 is 9.53 Å². The second-order valence-corrected chi connectivity index (χ2v) is 4.52. The molecule has 0 aromatic heterocycles. The van der Waals surface area contributed by atoms with Gasteiger partial charge in [0.15, 0.2) is 5.96 Å². The number of nitrogens with one attached hydrogen (secondary N) is 2. The summed E-state index contributed by atoms with van der Waals surface area (Å²) in [5.74, 6) is 0.845. The summed E-state index contributed by atoms with van der Waals surface area (Å²) in [4.78, 5) is 15.1. The number of methoxy groups -OCH3 is 1. The van der Waals surface area contributed by atoms with E-state index in [-0.39, 0.29) is 29.9 Å². The summed E-state index contributed by atoms with van der Waals surface area (Å²) >= 11 is 0. The lowest BCUT2D eigenvalue weighted by Gasteiger charge is -2.16. The number of rotatable bonds is 6. The van der Waals surface area contributed by atoms with Gasteiger partial charge < -0.3 is 15.4 Å². The average molecular weight is 405 g/mol. The van der Waals surface area contributed by atoms with E-state index in [1.807, 2.05) is 18.2 Å². The molecule has 0 amide bonds. The number of carbonyl (C=O) groups is 1. The van der Waals surface area contributed by atoms with Crippen molar-refractivity contribution in [2.45, 2.75) is 19.3 Å². The lowest BCUT2D eigenvalue weighted by Crippen LogP contribution is -2.40. The van der Waals surface area contributed by atoms with Gasteiger partial charge in [-0.2, -0.15) is 0 Å². The zero-order valence-electron chi connectivity index (χ0n) is 12.8. The van der Waals surface area contributed by atoms with E-state index in [9.17, 15) is 4.79 Å². The van der Waals surface area contributed by atoms with Crippen LogP contribution in [0.3, 0.4) is 0 Å². The smallest absolute Gasteiger partial charge is 0.307 e. The van der Waals surface area contributed by atoms with E-state index in [2.05, 4.69) is 39.4 Å². The van der Waals surface area contributed by atoms with Gasteiger partial charge in [0.25, 0.3) is 0 Å². The number of hydrogen-bond acceptors (Lipinski definition) is 3. The third-order valence-corrected chi connectivity index (χ3v) is 3.02. The molecule has 0 spiro atoms. The Labute approximate surface area is 143 Å². The topological polar surface area (TPSA) is 62.7 Å². The number of benzene rings is 1. The highest BCUT2D eigenvalue weighted by Gasteiger charge is 2.06. The molecule has 5 nitrogen and oxygen atoms in total. The van der Waals surface area contributed by atoms with Crippen molar-refractivity contribution in [3.63, 3.8) is 0 Å². The maximum Gasteiger partial charge on any atom is 0.307 e. The number of guanidine groups is 1. The number of carbonyl (C=O) groups excluding carboxylic acids is 1. The molecule has 0 aliphatic rings. The summed E-state index contributed by atoms with van der Waals surface area (Å²) in [6, 6.07) is 10.3. The van der Waals surface area contributed by atoms with Gasteiger partial charge in [-0.25, -0.2) is 0 Å². The SMILES string of the molecule is CN=C(NCCC(=O)OC)NCC(C)c1ccccc1.I. The fourth-order valence-electron chi connectivity index (χ4n) is 1.75. The summed E-state index contributed by atoms with van der Waals surface area (Å²) in [5, 5.41) is 6.33. The van der Waals surface area contributed by atoms with Crippen molar-refractivity contribution in [1.29, 1.82) is 0 Å². The number of hydrogen-bond donors (Lipinski definition) is 2. The highest BCUT2D eigenvalue weighted by Crippen LogP contribution is 2.12. The third-order valence-electron chi connectivity index (χ3n) is 3.02. The molecule has 0 fully saturated rings. The maximum atomic E-state index is 11.0. The lowest BCUT2D eigenvalue weighted by atomic mass is 10.0. The van der Waals surface area contributed by atoms with Crippen LogP contribution in [0, 0.1) is 0 Å². The first-order valence-corrected chi connectivity index (χ1v) is 6.73. The molecule has 1 unspecified atom stereocenters. The van der Waals surface area contributed by atoms with Gasteiger partial charge in [0.1, 0.15) is 0 Å². The number of esters is 1. The minimum atomic E-state index is -0.231. The molecule has 0 bridgehead atoms. The van der Waals surface area contributed by atoms with Gasteiger partial charge in [0.05, 0.1) is 13.5 Å². The number of aliphatic imine (C=N–C) groups is 1. The monoisotopic (exact) mass is 405 g/mol. The Morgan fingerprint density at radius 2 is 1.95 bits per heavy atom. The van der Waals surface area contributed by atoms with E-state index in [1.165, 1.54) is 12.7 Å². The first-order chi connectivity index (χ1) is 9.67. The van der Waals surface area contributed by atoms with E-state index in [4.69, 9.17) is 0 Å². The molecule has 0 radical (unpaired) electrons. The molecule has 118 valence electrons. The number of halogens is 1. The second-order valence-electron chi connectivity index (χ2n) is 4.52. The number of nitrogens with zero attached hydrogens (tertiary/aromatic N) is 1. The van der Waals surface area contributed by atoms with Gasteiger partial charge in [-0.1, -0.05) is 37.3 Å². The molecule has 0 heterocycles. The largest absolute Gasteiger partial charge is 0.469 e. The predicted octanol–water partition coefficient (Wildman–Crippen LogP) is 2.14. The molecular formula is C15H24IN3O2. The Kier molecular flexibility index (Phi) is 10.7. The van der Waals surface area contributed by atoms with Crippen molar-refractivity contribution in [1.82, 2.24) is 10.6 Å². The Morgan fingerprint density at radius 1 is 1.29 bits per heavy atom. The third kappa shape index (κ3) is 7.89. The van der Waals surface area contributed by atoms with Crippen LogP contribution in [0.25, 0.3) is 0 Å². The van der Waals surface area contributed by atoms with Crippen molar-refractivity contribution in [3.05, 3.63) is 35.9 Å². The van der Waals surface area contributed by atoms with Gasteiger partial charge in [-0.15, -0.1) is 24.0 Å². The molecule has 0 saturated carbocycles. The Morgan fingerprint density at radius 3 is 2.52 bits per heavy atom. The van der Waals surface area contributed by atoms with E-state index in [0.717, 1.165) is 6.54 Å². The van der Waals surface area contributed by atoms with Gasteiger partial charge in [-0.3, -0.25) is 9.79 Å². The molecule has 1 rings (SSSR count). The maximum absolute atomic E-state index is 11.0. The average Bonchev–Trinajstić information content (AvgIpc) is 2.50. The fourth-order valence-corrected chi connectivity index (χ4v) is 1.75. The summed E-state index contributed by atoms with van der Waals surface area (Å²) in [7, 11) is 3.09. The first kappa shape index (κ1) is 19.7. The number of ether oxygens (including phenoxy) is 1. The summed E-state index contributed by atoms with van der Waals surface area (Å²) in [6.07, 6.45) is 0.325. The van der Waals surface area contributed by atoms with Crippen LogP contribution in [0.2, 0.25) is 0 Å². The Hall–Kier alpha value is -1.31. The highest BCUT2D eigenvalue weighted by atomic mass is 127. The summed E-state index contributed by atoms with van der Waals surface area (Å²) < 4.78 is 4.58. The molecule has 0 saturated heterocycles. The van der Waals surface area contributed by atoms with Crippen LogP contribution in [0.4, 0.5) is 0 Å². The van der Waals surface area contributed by atoms with Crippen molar-refractivity contribution in [2.75, 3.05) is 27.2 Å². The molecule has 6 heteroatoms. The molecule has 1 atom stereocenters. The molecule has 2 N–H and O–H groups in total. The molecule has 1 aromatic carbocycles. The van der Waals surface area contributed by atoms with Crippen LogP contribution in [-0.2, 0) is 9.53 Å². The summed E-state index contributed by atoms with van der Waals surface area (Å²) in [6.45, 7) is 3.44. The standard InChI is InChI=1S/C15H23N3O2.HI/c1-12(13-7-5-4-6-8-13)11-18-15(16-2)17-10-9-14(19)20-3;/h4-8,12H,9-11H2,1-3H3,(H2,16,17,18);1H. The molecule has 1 aromatic rings. The van der Waals surface area contributed by atoms with Crippen molar-refractivity contribution in [2.24, 2.45) is 4.99 Å². The highest BCUT2D eigenvalue weighted by molar-refractivity contribution is 14.0. The first-order valence-electron chi connectivity index (χ1n) is 6.73. The van der Waals surface area contributed by atoms with Crippen LogP contribution in [0.1, 0.15) is 24.8 Å². The van der Waals surface area contributed by atoms with Gasteiger partial charge in [-0.05, 0) is 11.5 Å². The quantitative estimate of drug-likeness (QED) is 0.330. The van der Waals surface area contributed by atoms with E-state index in [1.54, 1.807) is 7.05 Å². The minimum Gasteiger partial charge on any atom is -0.469 e.